The van der Waals surface area contributed by atoms with Crippen molar-refractivity contribution in [2.75, 3.05) is 36.0 Å². The summed E-state index contributed by atoms with van der Waals surface area (Å²) in [5.41, 5.74) is 6.44. The molecular formula is C21H21FN4O3. The third kappa shape index (κ3) is 3.58. The van der Waals surface area contributed by atoms with Gasteiger partial charge in [-0.05, 0) is 30.3 Å². The lowest BCUT2D eigenvalue weighted by molar-refractivity contribution is -0.123. The van der Waals surface area contributed by atoms with E-state index in [0.29, 0.717) is 37.6 Å². The molecule has 150 valence electrons. The van der Waals surface area contributed by atoms with Crippen LogP contribution in [0.25, 0.3) is 0 Å². The van der Waals surface area contributed by atoms with Gasteiger partial charge in [0.1, 0.15) is 5.82 Å². The Balaban J connectivity index is 1.47. The summed E-state index contributed by atoms with van der Waals surface area (Å²) in [6, 6.07) is 12.3. The van der Waals surface area contributed by atoms with E-state index in [-0.39, 0.29) is 29.6 Å². The van der Waals surface area contributed by atoms with Crippen LogP contribution in [0.4, 0.5) is 15.8 Å². The van der Waals surface area contributed by atoms with Gasteiger partial charge in [0.15, 0.2) is 0 Å². The molecule has 7 nitrogen and oxygen atoms in total. The van der Waals surface area contributed by atoms with Crippen molar-refractivity contribution < 1.29 is 18.8 Å². The third-order valence-corrected chi connectivity index (χ3v) is 5.46. The number of nitrogens with two attached hydrogens (primary N) is 1. The molecule has 2 aromatic carbocycles. The Bertz CT molecular complexity index is 972. The first-order chi connectivity index (χ1) is 14.0. The number of halogens is 1. The number of carbonyl (C=O) groups is 3. The lowest BCUT2D eigenvalue weighted by Crippen LogP contribution is -2.52. The first kappa shape index (κ1) is 19.1. The fourth-order valence-electron chi connectivity index (χ4n) is 3.95. The average Bonchev–Trinajstić information content (AvgIpc) is 3.02. The number of anilines is 2. The quantitative estimate of drug-likeness (QED) is 0.789. The van der Waals surface area contributed by atoms with Gasteiger partial charge in [-0.1, -0.05) is 18.2 Å². The number of hydrogen-bond donors (Lipinski definition) is 1. The predicted molar refractivity (Wildman–Crippen MR) is 106 cm³/mol. The number of primary amides is 1. The number of hydrogen-bond acceptors (Lipinski definition) is 5. The number of amides is 3. The van der Waals surface area contributed by atoms with E-state index in [1.807, 2.05) is 9.80 Å². The van der Waals surface area contributed by atoms with Gasteiger partial charge >= 0.3 is 0 Å². The maximum atomic E-state index is 14.0. The first-order valence-electron chi connectivity index (χ1n) is 9.46. The molecular weight excluding hydrogens is 375 g/mol. The molecule has 8 heteroatoms. The van der Waals surface area contributed by atoms with E-state index in [9.17, 15) is 18.8 Å². The topological polar surface area (TPSA) is 86.9 Å². The van der Waals surface area contributed by atoms with Crippen LogP contribution in [0.2, 0.25) is 0 Å². The summed E-state index contributed by atoms with van der Waals surface area (Å²) >= 11 is 0. The number of para-hydroxylation sites is 1. The zero-order valence-corrected chi connectivity index (χ0v) is 15.8. The van der Waals surface area contributed by atoms with E-state index < -0.39 is 11.9 Å². The Labute approximate surface area is 167 Å². The van der Waals surface area contributed by atoms with Crippen molar-refractivity contribution in [2.24, 2.45) is 5.73 Å². The van der Waals surface area contributed by atoms with Gasteiger partial charge in [0.2, 0.25) is 11.8 Å². The summed E-state index contributed by atoms with van der Waals surface area (Å²) in [6.07, 6.45) is 0.0827. The van der Waals surface area contributed by atoms with Gasteiger partial charge in [-0.3, -0.25) is 19.3 Å². The number of imide groups is 1. The van der Waals surface area contributed by atoms with Crippen LogP contribution in [-0.2, 0) is 9.59 Å². The summed E-state index contributed by atoms with van der Waals surface area (Å²) in [7, 11) is 0. The Kier molecular flexibility index (Phi) is 5.02. The molecule has 0 radical (unpaired) electrons. The van der Waals surface area contributed by atoms with Gasteiger partial charge in [0, 0.05) is 31.7 Å². The van der Waals surface area contributed by atoms with Crippen LogP contribution in [0.15, 0.2) is 48.5 Å². The summed E-state index contributed by atoms with van der Waals surface area (Å²) in [6.45, 7) is 2.23. The van der Waals surface area contributed by atoms with Crippen LogP contribution in [0.3, 0.4) is 0 Å². The van der Waals surface area contributed by atoms with E-state index >= 15 is 0 Å². The van der Waals surface area contributed by atoms with Gasteiger partial charge in [-0.15, -0.1) is 0 Å². The lowest BCUT2D eigenvalue weighted by atomic mass is 10.1. The maximum Gasteiger partial charge on any atom is 0.251 e. The molecule has 2 aliphatic rings. The van der Waals surface area contributed by atoms with Crippen LogP contribution in [0.1, 0.15) is 16.8 Å². The molecule has 29 heavy (non-hydrogen) atoms. The zero-order valence-electron chi connectivity index (χ0n) is 15.8. The second-order valence-corrected chi connectivity index (χ2v) is 7.18. The molecule has 4 rings (SSSR count). The molecule has 2 saturated heterocycles. The van der Waals surface area contributed by atoms with Gasteiger partial charge < -0.3 is 10.6 Å². The Morgan fingerprint density at radius 1 is 1.00 bits per heavy atom. The molecule has 0 aromatic heterocycles. The molecule has 2 heterocycles. The van der Waals surface area contributed by atoms with Crippen LogP contribution in [0.5, 0.6) is 0 Å². The van der Waals surface area contributed by atoms with Gasteiger partial charge in [-0.2, -0.15) is 0 Å². The van der Waals surface area contributed by atoms with Crippen molar-refractivity contribution >= 4 is 29.1 Å². The second-order valence-electron chi connectivity index (χ2n) is 7.18. The molecule has 2 N–H and O–H groups in total. The van der Waals surface area contributed by atoms with Gasteiger partial charge in [0.25, 0.3) is 5.91 Å². The number of rotatable bonds is 4. The molecule has 0 aliphatic carbocycles. The standard InChI is InChI=1S/C21H21FN4O3/c22-16-6-1-2-7-17(16)24-8-10-25(11-9-24)18-13-19(27)26(21(18)29)15-5-3-4-14(12-15)20(23)28/h1-7,12,18H,8-11,13H2,(H2,23,28). The van der Waals surface area contributed by atoms with E-state index in [0.717, 1.165) is 4.90 Å². The monoisotopic (exact) mass is 396 g/mol. The minimum absolute atomic E-state index is 0.0827. The summed E-state index contributed by atoms with van der Waals surface area (Å²) in [5.74, 6) is -1.51. The first-order valence-corrected chi connectivity index (χ1v) is 9.46. The van der Waals surface area contributed by atoms with Crippen LogP contribution >= 0.6 is 0 Å². The third-order valence-electron chi connectivity index (χ3n) is 5.46. The van der Waals surface area contributed by atoms with E-state index in [2.05, 4.69) is 0 Å². The normalized spacial score (nSPS) is 20.4. The van der Waals surface area contributed by atoms with Crippen molar-refractivity contribution in [3.63, 3.8) is 0 Å². The molecule has 0 saturated carbocycles. The Morgan fingerprint density at radius 2 is 1.72 bits per heavy atom. The highest BCUT2D eigenvalue weighted by Gasteiger charge is 2.43. The molecule has 2 aliphatic heterocycles. The number of nitrogens with zero attached hydrogens (tertiary/aromatic N) is 3. The van der Waals surface area contributed by atoms with E-state index in [4.69, 9.17) is 5.73 Å². The van der Waals surface area contributed by atoms with Crippen molar-refractivity contribution in [1.29, 1.82) is 0 Å². The fraction of sp³-hybridized carbons (Fsp3) is 0.286. The van der Waals surface area contributed by atoms with E-state index in [1.165, 1.54) is 18.2 Å². The predicted octanol–water partition coefficient (Wildman–Crippen LogP) is 1.38. The number of benzene rings is 2. The average molecular weight is 396 g/mol. The smallest absolute Gasteiger partial charge is 0.251 e. The fourth-order valence-corrected chi connectivity index (χ4v) is 3.95. The highest BCUT2D eigenvalue weighted by Crippen LogP contribution is 2.28. The second kappa shape index (κ2) is 7.63. The maximum absolute atomic E-state index is 14.0. The molecule has 1 unspecified atom stereocenters. The highest BCUT2D eigenvalue weighted by molar-refractivity contribution is 6.22. The minimum atomic E-state index is -0.619. The zero-order chi connectivity index (χ0) is 20.5. The summed E-state index contributed by atoms with van der Waals surface area (Å²) in [4.78, 5) is 42.0. The minimum Gasteiger partial charge on any atom is -0.367 e. The molecule has 0 spiro atoms. The van der Waals surface area contributed by atoms with Crippen LogP contribution in [-0.4, -0.2) is 54.8 Å². The van der Waals surface area contributed by atoms with Gasteiger partial charge in [0.05, 0.1) is 23.8 Å². The lowest BCUT2D eigenvalue weighted by Gasteiger charge is -2.38. The summed E-state index contributed by atoms with van der Waals surface area (Å²) < 4.78 is 14.0. The highest BCUT2D eigenvalue weighted by atomic mass is 19.1. The van der Waals surface area contributed by atoms with Crippen molar-refractivity contribution in [3.8, 4) is 0 Å². The SMILES string of the molecule is NC(=O)c1cccc(N2C(=O)CC(N3CCN(c4ccccc4F)CC3)C2=O)c1. The Morgan fingerprint density at radius 3 is 2.41 bits per heavy atom. The number of piperazine rings is 1. The van der Waals surface area contributed by atoms with Crippen molar-refractivity contribution in [1.82, 2.24) is 4.90 Å². The molecule has 0 bridgehead atoms. The van der Waals surface area contributed by atoms with Gasteiger partial charge in [-0.25, -0.2) is 9.29 Å². The van der Waals surface area contributed by atoms with Crippen LogP contribution < -0.4 is 15.5 Å². The molecule has 3 amide bonds. The molecule has 1 atom stereocenters. The van der Waals surface area contributed by atoms with Crippen LogP contribution in [0, 0.1) is 5.82 Å². The molecule has 2 fully saturated rings. The summed E-state index contributed by atoms with van der Waals surface area (Å²) in [5, 5.41) is 0. The molecule has 2 aromatic rings. The van der Waals surface area contributed by atoms with Crippen molar-refractivity contribution in [3.05, 3.63) is 59.9 Å². The van der Waals surface area contributed by atoms with E-state index in [1.54, 1.807) is 30.3 Å². The largest absolute Gasteiger partial charge is 0.367 e. The number of carbonyl (C=O) groups excluding carboxylic acids is 3. The van der Waals surface area contributed by atoms with Crippen molar-refractivity contribution in [2.45, 2.75) is 12.5 Å². The Hall–Kier alpha value is -3.26.